The quantitative estimate of drug-likeness (QED) is 0.215. The minimum atomic E-state index is -0.533. The molecule has 3 rings (SSSR count). The molecular weight excluding hydrogens is 482 g/mol. The van der Waals surface area contributed by atoms with Crippen LogP contribution in [-0.2, 0) is 23.8 Å². The van der Waals surface area contributed by atoms with Crippen LogP contribution in [0.25, 0.3) is 0 Å². The average Bonchev–Trinajstić information content (AvgIpc) is 3.47. The summed E-state index contributed by atoms with van der Waals surface area (Å²) in [4.78, 5) is 45.7. The van der Waals surface area contributed by atoms with Gasteiger partial charge in [-0.1, -0.05) is 26.7 Å². The van der Waals surface area contributed by atoms with E-state index in [4.69, 9.17) is 14.2 Å². The fraction of sp³-hybridized carbons (Fsp3) is 0.667. The maximum Gasteiger partial charge on any atom is 0.338 e. The lowest BCUT2D eigenvalue weighted by molar-refractivity contribution is -0.384. The van der Waals surface area contributed by atoms with Crippen LogP contribution in [0.15, 0.2) is 24.3 Å². The normalized spacial score (nSPS) is 26.5. The van der Waals surface area contributed by atoms with Crippen LogP contribution in [-0.4, -0.2) is 53.4 Å². The van der Waals surface area contributed by atoms with Gasteiger partial charge in [0.05, 0.1) is 41.6 Å². The lowest BCUT2D eigenvalue weighted by atomic mass is 9.94. The topological polar surface area (TPSA) is 142 Å². The zero-order valence-corrected chi connectivity index (χ0v) is 22.1. The molecule has 0 saturated heterocycles. The van der Waals surface area contributed by atoms with Crippen molar-refractivity contribution in [3.05, 3.63) is 39.9 Å². The van der Waals surface area contributed by atoms with Crippen molar-refractivity contribution < 1.29 is 38.6 Å². The third-order valence-corrected chi connectivity index (χ3v) is 7.14. The highest BCUT2D eigenvalue weighted by molar-refractivity contribution is 5.89. The van der Waals surface area contributed by atoms with E-state index in [0.29, 0.717) is 38.4 Å². The Morgan fingerprint density at radius 1 is 0.865 bits per heavy atom. The molecule has 10 heteroatoms. The van der Waals surface area contributed by atoms with Gasteiger partial charge in [-0.2, -0.15) is 0 Å². The van der Waals surface area contributed by atoms with E-state index in [1.54, 1.807) is 6.92 Å². The summed E-state index contributed by atoms with van der Waals surface area (Å²) >= 11 is 0. The van der Waals surface area contributed by atoms with Crippen molar-refractivity contribution in [1.82, 2.24) is 0 Å². The van der Waals surface area contributed by atoms with Gasteiger partial charge in [-0.05, 0) is 63.5 Å². The molecule has 0 amide bonds. The second kappa shape index (κ2) is 14.7. The molecule has 10 nitrogen and oxygen atoms in total. The zero-order chi connectivity index (χ0) is 27.5. The lowest BCUT2D eigenvalue weighted by Gasteiger charge is -2.15. The Morgan fingerprint density at radius 3 is 1.86 bits per heavy atom. The summed E-state index contributed by atoms with van der Waals surface area (Å²) < 4.78 is 15.5. The maximum atomic E-state index is 12.2. The van der Waals surface area contributed by atoms with E-state index >= 15 is 0 Å². The van der Waals surface area contributed by atoms with Gasteiger partial charge >= 0.3 is 17.9 Å². The van der Waals surface area contributed by atoms with Crippen LogP contribution in [0.5, 0.6) is 0 Å². The van der Waals surface area contributed by atoms with E-state index in [-0.39, 0.29) is 53.2 Å². The minimum absolute atomic E-state index is 0.0695. The van der Waals surface area contributed by atoms with Crippen molar-refractivity contribution in [2.75, 3.05) is 13.2 Å². The maximum absolute atomic E-state index is 12.2. The standard InChI is InChI=1S/C17H21NO6.C10H18O3/c1-3-11-9-14(10-15(11)17(20)23-4-2)24-16(19)12-5-7-13(8-6-12)18(21)22;1-3-7-5-8(11)6-9(7)10(12)13-4-2/h5-8,11,14-15H,3-4,9-10H2,1-2H3;7-9,11H,3-6H2,1-2H3. The van der Waals surface area contributed by atoms with E-state index in [2.05, 4.69) is 6.92 Å². The van der Waals surface area contributed by atoms with Crippen molar-refractivity contribution in [2.45, 2.75) is 78.4 Å². The Hall–Kier alpha value is -3.01. The molecule has 1 aromatic rings. The van der Waals surface area contributed by atoms with Gasteiger partial charge in [-0.3, -0.25) is 19.7 Å². The Balaban J connectivity index is 0.000000312. The number of rotatable bonds is 9. The monoisotopic (exact) mass is 521 g/mol. The first-order chi connectivity index (χ1) is 17.6. The van der Waals surface area contributed by atoms with Gasteiger partial charge < -0.3 is 19.3 Å². The molecule has 0 spiro atoms. The zero-order valence-electron chi connectivity index (χ0n) is 22.1. The number of nitro benzene ring substituents is 1. The van der Waals surface area contributed by atoms with Crippen LogP contribution in [0.1, 0.15) is 76.6 Å². The third kappa shape index (κ3) is 8.52. The van der Waals surface area contributed by atoms with Crippen molar-refractivity contribution in [3.63, 3.8) is 0 Å². The smallest absolute Gasteiger partial charge is 0.338 e. The molecule has 6 atom stereocenters. The fourth-order valence-corrected chi connectivity index (χ4v) is 5.18. The summed E-state index contributed by atoms with van der Waals surface area (Å²) in [5.74, 6) is -0.768. The van der Waals surface area contributed by atoms with Gasteiger partial charge in [-0.15, -0.1) is 0 Å². The molecule has 1 aromatic carbocycles. The van der Waals surface area contributed by atoms with Crippen LogP contribution in [0.4, 0.5) is 5.69 Å². The number of esters is 3. The molecule has 0 aromatic heterocycles. The fourth-order valence-electron chi connectivity index (χ4n) is 5.18. The van der Waals surface area contributed by atoms with E-state index in [0.717, 1.165) is 19.3 Å². The van der Waals surface area contributed by atoms with Crippen molar-refractivity contribution in [1.29, 1.82) is 0 Å². The van der Waals surface area contributed by atoms with Gasteiger partial charge in [0, 0.05) is 12.1 Å². The molecule has 0 bridgehead atoms. The average molecular weight is 522 g/mol. The van der Waals surface area contributed by atoms with Crippen molar-refractivity contribution in [3.8, 4) is 0 Å². The molecule has 2 aliphatic rings. The molecule has 2 fully saturated rings. The number of aliphatic hydroxyl groups excluding tert-OH is 1. The van der Waals surface area contributed by atoms with Gasteiger partial charge in [-0.25, -0.2) is 4.79 Å². The van der Waals surface area contributed by atoms with Gasteiger partial charge in [0.2, 0.25) is 0 Å². The lowest BCUT2D eigenvalue weighted by Crippen LogP contribution is -2.21. The van der Waals surface area contributed by atoms with E-state index in [1.165, 1.54) is 24.3 Å². The van der Waals surface area contributed by atoms with Crippen molar-refractivity contribution >= 4 is 23.6 Å². The van der Waals surface area contributed by atoms with E-state index in [9.17, 15) is 29.6 Å². The molecule has 0 heterocycles. The predicted molar refractivity (Wildman–Crippen MR) is 135 cm³/mol. The molecule has 6 unspecified atom stereocenters. The third-order valence-electron chi connectivity index (χ3n) is 7.14. The molecule has 206 valence electrons. The number of carbonyl (C=O) groups excluding carboxylic acids is 3. The number of hydrogen-bond donors (Lipinski definition) is 1. The van der Waals surface area contributed by atoms with Gasteiger partial charge in [0.15, 0.2) is 0 Å². The van der Waals surface area contributed by atoms with Crippen LogP contribution in [0.2, 0.25) is 0 Å². The number of ether oxygens (including phenoxy) is 3. The van der Waals surface area contributed by atoms with E-state index < -0.39 is 10.9 Å². The van der Waals surface area contributed by atoms with E-state index in [1.807, 2.05) is 13.8 Å². The highest BCUT2D eigenvalue weighted by Crippen LogP contribution is 2.37. The van der Waals surface area contributed by atoms with Crippen LogP contribution < -0.4 is 0 Å². The molecule has 0 radical (unpaired) electrons. The first-order valence-electron chi connectivity index (χ1n) is 13.1. The first-order valence-corrected chi connectivity index (χ1v) is 13.1. The highest BCUT2D eigenvalue weighted by Gasteiger charge is 2.40. The Labute approximate surface area is 217 Å². The summed E-state index contributed by atoms with van der Waals surface area (Å²) in [5.41, 5.74) is 0.175. The number of carbonyl (C=O) groups is 3. The molecule has 37 heavy (non-hydrogen) atoms. The summed E-state index contributed by atoms with van der Waals surface area (Å²) in [6.07, 6.45) is 3.52. The molecule has 2 saturated carbocycles. The minimum Gasteiger partial charge on any atom is -0.466 e. The summed E-state index contributed by atoms with van der Waals surface area (Å²) in [7, 11) is 0. The Kier molecular flexibility index (Phi) is 12.0. The molecule has 1 N–H and O–H groups in total. The van der Waals surface area contributed by atoms with Crippen LogP contribution in [0.3, 0.4) is 0 Å². The van der Waals surface area contributed by atoms with Crippen LogP contribution in [0, 0.1) is 33.8 Å². The van der Waals surface area contributed by atoms with Crippen LogP contribution >= 0.6 is 0 Å². The Bertz CT molecular complexity index is 917. The number of aliphatic hydroxyl groups is 1. The number of nitro groups is 1. The van der Waals surface area contributed by atoms with Gasteiger partial charge in [0.1, 0.15) is 6.10 Å². The number of benzene rings is 1. The number of hydrogen-bond acceptors (Lipinski definition) is 9. The molecular formula is C27H39NO9. The summed E-state index contributed by atoms with van der Waals surface area (Å²) in [6, 6.07) is 5.27. The molecule has 0 aliphatic heterocycles. The predicted octanol–water partition coefficient (Wildman–Crippen LogP) is 4.47. The largest absolute Gasteiger partial charge is 0.466 e. The Morgan fingerprint density at radius 2 is 1.38 bits per heavy atom. The second-order valence-electron chi connectivity index (χ2n) is 9.48. The summed E-state index contributed by atoms with van der Waals surface area (Å²) in [5, 5.41) is 20.0. The second-order valence-corrected chi connectivity index (χ2v) is 9.48. The number of non-ortho nitro benzene ring substituents is 1. The number of nitrogens with zero attached hydrogens (tertiary/aromatic N) is 1. The van der Waals surface area contributed by atoms with Gasteiger partial charge in [0.25, 0.3) is 5.69 Å². The summed E-state index contributed by atoms with van der Waals surface area (Å²) in [6.45, 7) is 8.39. The van der Waals surface area contributed by atoms with Crippen molar-refractivity contribution in [2.24, 2.45) is 23.7 Å². The first kappa shape index (κ1) is 30.2. The molecule has 2 aliphatic carbocycles. The SMILES string of the molecule is CCOC(=O)C1CC(O)CC1CC.CCOC(=O)C1CC(OC(=O)c2ccc([N+](=O)[O-])cc2)CC1CC. The highest BCUT2D eigenvalue weighted by atomic mass is 16.6.